The molecule has 0 spiro atoms. The zero-order valence-electron chi connectivity index (χ0n) is 19.0. The van der Waals surface area contributed by atoms with Crippen LogP contribution in [0.4, 0.5) is 0 Å². The van der Waals surface area contributed by atoms with Crippen LogP contribution in [0.5, 0.6) is 0 Å². The Morgan fingerprint density at radius 1 is 1.10 bits per heavy atom. The standard InChI is InChI=1S/C26H32O5/c1-23(2)17-12-20(28)26(5)16(24(17,3)10-7-19(23)27)6-9-25(4)18(26)13-21(29)31-22(25)15-8-11-30-14-15/h7-8,10-11,13-14,16-17,20,22,28H,6,9,12H2,1-5H3/t16?,17?,20-,22+,24-,25-,26-/m1/s1. The van der Waals surface area contributed by atoms with Gasteiger partial charge in [0.25, 0.3) is 0 Å². The fourth-order valence-electron chi connectivity index (χ4n) is 7.81. The number of aliphatic hydroxyl groups excluding tert-OH is 1. The van der Waals surface area contributed by atoms with Crippen LogP contribution in [0.1, 0.15) is 65.5 Å². The van der Waals surface area contributed by atoms with E-state index in [4.69, 9.17) is 9.15 Å². The van der Waals surface area contributed by atoms with Gasteiger partial charge >= 0.3 is 5.97 Å². The largest absolute Gasteiger partial charge is 0.472 e. The molecule has 4 aliphatic rings. The van der Waals surface area contributed by atoms with E-state index in [2.05, 4.69) is 26.8 Å². The van der Waals surface area contributed by atoms with E-state index in [1.165, 1.54) is 0 Å². The van der Waals surface area contributed by atoms with Gasteiger partial charge in [-0.3, -0.25) is 4.79 Å². The molecule has 5 heteroatoms. The summed E-state index contributed by atoms with van der Waals surface area (Å²) in [5.41, 5.74) is 0.0691. The van der Waals surface area contributed by atoms with Gasteiger partial charge in [0.15, 0.2) is 5.78 Å². The number of esters is 1. The first-order valence-corrected chi connectivity index (χ1v) is 11.3. The van der Waals surface area contributed by atoms with Crippen molar-refractivity contribution in [2.45, 2.75) is 66.1 Å². The molecule has 2 saturated carbocycles. The Bertz CT molecular complexity index is 1000. The van der Waals surface area contributed by atoms with Gasteiger partial charge in [0, 0.05) is 27.9 Å². The second-order valence-electron chi connectivity index (χ2n) is 11.3. The molecule has 2 heterocycles. The molecule has 31 heavy (non-hydrogen) atoms. The molecule has 0 bridgehead atoms. The summed E-state index contributed by atoms with van der Waals surface area (Å²) in [6.07, 6.45) is 9.90. The van der Waals surface area contributed by atoms with Crippen molar-refractivity contribution in [3.8, 4) is 0 Å². The van der Waals surface area contributed by atoms with Gasteiger partial charge in [0.2, 0.25) is 0 Å². The van der Waals surface area contributed by atoms with E-state index in [0.717, 1.165) is 24.0 Å². The summed E-state index contributed by atoms with van der Waals surface area (Å²) in [5, 5.41) is 11.6. The number of rotatable bonds is 1. The molecule has 0 aromatic carbocycles. The second-order valence-corrected chi connectivity index (χ2v) is 11.3. The minimum Gasteiger partial charge on any atom is -0.472 e. The monoisotopic (exact) mass is 424 g/mol. The highest BCUT2D eigenvalue weighted by atomic mass is 16.5. The molecule has 1 aromatic heterocycles. The van der Waals surface area contributed by atoms with Crippen LogP contribution in [0, 0.1) is 33.5 Å². The van der Waals surface area contributed by atoms with Crippen molar-refractivity contribution in [1.82, 2.24) is 0 Å². The van der Waals surface area contributed by atoms with Gasteiger partial charge in [-0.15, -0.1) is 0 Å². The molecule has 1 aliphatic heterocycles. The van der Waals surface area contributed by atoms with Gasteiger partial charge in [-0.25, -0.2) is 4.79 Å². The van der Waals surface area contributed by atoms with Crippen LogP contribution in [0.15, 0.2) is 46.8 Å². The Morgan fingerprint density at radius 2 is 1.84 bits per heavy atom. The Balaban J connectivity index is 1.66. The quantitative estimate of drug-likeness (QED) is 0.657. The molecule has 0 amide bonds. The molecule has 2 unspecified atom stereocenters. The first-order valence-electron chi connectivity index (χ1n) is 11.3. The first kappa shape index (κ1) is 20.7. The lowest BCUT2D eigenvalue weighted by Gasteiger charge is -2.67. The van der Waals surface area contributed by atoms with Gasteiger partial charge in [-0.05, 0) is 54.2 Å². The van der Waals surface area contributed by atoms with Crippen molar-refractivity contribution in [2.24, 2.45) is 33.5 Å². The molecule has 5 rings (SSSR count). The highest BCUT2D eigenvalue weighted by molar-refractivity contribution is 5.95. The molecule has 1 aromatic rings. The van der Waals surface area contributed by atoms with E-state index in [0.29, 0.717) is 6.42 Å². The lowest BCUT2D eigenvalue weighted by atomic mass is 9.38. The Hall–Kier alpha value is -2.14. The number of ketones is 1. The highest BCUT2D eigenvalue weighted by Gasteiger charge is 2.67. The third kappa shape index (κ3) is 2.47. The number of carbonyl (C=O) groups excluding carboxylic acids is 2. The van der Waals surface area contributed by atoms with Gasteiger partial charge < -0.3 is 14.3 Å². The summed E-state index contributed by atoms with van der Waals surface area (Å²) in [6.45, 7) is 10.5. The van der Waals surface area contributed by atoms with E-state index in [-0.39, 0.29) is 29.0 Å². The maximum atomic E-state index is 12.7. The summed E-state index contributed by atoms with van der Waals surface area (Å²) in [7, 11) is 0. The average molecular weight is 425 g/mol. The number of hydrogen-bond donors (Lipinski definition) is 1. The van der Waals surface area contributed by atoms with E-state index in [1.54, 1.807) is 24.7 Å². The number of furan rings is 1. The SMILES string of the molecule is CC1(C)C(=O)C=C[C@@]2(C)C1C[C@@H](O)[C@@]1(C)C3=CC(=O)O[C@@H](c4ccoc4)[C@]3(C)CCC21. The second kappa shape index (κ2) is 6.22. The van der Waals surface area contributed by atoms with Crippen molar-refractivity contribution in [2.75, 3.05) is 0 Å². The number of hydrogen-bond acceptors (Lipinski definition) is 5. The van der Waals surface area contributed by atoms with Gasteiger partial charge in [0.05, 0.1) is 18.6 Å². The minimum atomic E-state index is -0.643. The minimum absolute atomic E-state index is 0.0516. The number of allylic oxidation sites excluding steroid dienone is 2. The van der Waals surface area contributed by atoms with Gasteiger partial charge in [0.1, 0.15) is 6.10 Å². The zero-order chi connectivity index (χ0) is 22.4. The molecule has 5 nitrogen and oxygen atoms in total. The molecule has 0 radical (unpaired) electrons. The van der Waals surface area contributed by atoms with Crippen LogP contribution in [0.3, 0.4) is 0 Å². The number of carbonyl (C=O) groups is 2. The van der Waals surface area contributed by atoms with Gasteiger partial charge in [-0.2, -0.15) is 0 Å². The van der Waals surface area contributed by atoms with Gasteiger partial charge in [-0.1, -0.05) is 40.7 Å². The average Bonchev–Trinajstić information content (AvgIpc) is 3.23. The summed E-state index contributed by atoms with van der Waals surface area (Å²) in [6, 6.07) is 1.85. The van der Waals surface area contributed by atoms with Crippen LogP contribution in [-0.4, -0.2) is 23.0 Å². The number of ether oxygens (including phenoxy) is 1. The van der Waals surface area contributed by atoms with Crippen molar-refractivity contribution in [1.29, 1.82) is 0 Å². The third-order valence-corrected chi connectivity index (χ3v) is 9.55. The van der Waals surface area contributed by atoms with Crippen molar-refractivity contribution in [3.63, 3.8) is 0 Å². The fourth-order valence-corrected chi connectivity index (χ4v) is 7.81. The summed E-state index contributed by atoms with van der Waals surface area (Å²) < 4.78 is 11.1. The molecule has 1 N–H and O–H groups in total. The molecule has 2 fully saturated rings. The van der Waals surface area contributed by atoms with E-state index in [9.17, 15) is 14.7 Å². The highest BCUT2D eigenvalue weighted by Crippen LogP contribution is 2.71. The molecule has 166 valence electrons. The number of fused-ring (bicyclic) bond motifs is 5. The lowest BCUT2D eigenvalue weighted by Crippen LogP contribution is -2.64. The van der Waals surface area contributed by atoms with E-state index in [1.807, 2.05) is 19.9 Å². The summed E-state index contributed by atoms with van der Waals surface area (Å²) >= 11 is 0. The predicted molar refractivity (Wildman–Crippen MR) is 115 cm³/mol. The number of aliphatic hydroxyl groups is 1. The zero-order valence-corrected chi connectivity index (χ0v) is 19.0. The normalized spacial score (nSPS) is 45.8. The molecular weight excluding hydrogens is 392 g/mol. The smallest absolute Gasteiger partial charge is 0.331 e. The van der Waals surface area contributed by atoms with Crippen molar-refractivity contribution < 1.29 is 23.8 Å². The van der Waals surface area contributed by atoms with Crippen LogP contribution in [0.25, 0.3) is 0 Å². The van der Waals surface area contributed by atoms with Crippen LogP contribution >= 0.6 is 0 Å². The maximum absolute atomic E-state index is 12.7. The molecule has 3 aliphatic carbocycles. The number of cyclic esters (lactones) is 1. The van der Waals surface area contributed by atoms with E-state index >= 15 is 0 Å². The fraction of sp³-hybridized carbons (Fsp3) is 0.615. The maximum Gasteiger partial charge on any atom is 0.331 e. The molecular formula is C26H32O5. The molecule has 0 saturated heterocycles. The van der Waals surface area contributed by atoms with E-state index < -0.39 is 28.5 Å². The van der Waals surface area contributed by atoms with Crippen molar-refractivity contribution in [3.05, 3.63) is 48.0 Å². The van der Waals surface area contributed by atoms with Crippen LogP contribution in [0.2, 0.25) is 0 Å². The summed E-state index contributed by atoms with van der Waals surface area (Å²) in [4.78, 5) is 25.4. The van der Waals surface area contributed by atoms with Crippen molar-refractivity contribution >= 4 is 11.8 Å². The van der Waals surface area contributed by atoms with Crippen LogP contribution in [-0.2, 0) is 14.3 Å². The Labute approximate surface area is 183 Å². The predicted octanol–water partition coefficient (Wildman–Crippen LogP) is 4.78. The van der Waals surface area contributed by atoms with Crippen LogP contribution < -0.4 is 0 Å². The molecule has 7 atom stereocenters. The first-order chi connectivity index (χ1) is 14.5. The summed E-state index contributed by atoms with van der Waals surface area (Å²) in [5.74, 6) is -0.0648. The third-order valence-electron chi connectivity index (χ3n) is 9.55. The Morgan fingerprint density at radius 3 is 2.52 bits per heavy atom. The lowest BCUT2D eigenvalue weighted by molar-refractivity contribution is -0.180. The topological polar surface area (TPSA) is 76.7 Å². The Kier molecular flexibility index (Phi) is 4.16.